The number of likely N-dealkylation sites (N-methyl/N-ethyl adjacent to an activating group) is 1. The number of morpholine rings is 1. The summed E-state index contributed by atoms with van der Waals surface area (Å²) in [7, 11) is 0. The van der Waals surface area contributed by atoms with E-state index in [1.54, 1.807) is 0 Å². The number of rotatable bonds is 4. The predicted octanol–water partition coefficient (Wildman–Crippen LogP) is 1.52. The van der Waals surface area contributed by atoms with E-state index < -0.39 is 5.54 Å². The fourth-order valence-corrected chi connectivity index (χ4v) is 3.30. The van der Waals surface area contributed by atoms with Crippen molar-refractivity contribution >= 4 is 0 Å². The van der Waals surface area contributed by atoms with Crippen LogP contribution in [0.25, 0.3) is 0 Å². The maximum Gasteiger partial charge on any atom is 0.116 e. The summed E-state index contributed by atoms with van der Waals surface area (Å²) in [6.07, 6.45) is 5.39. The van der Waals surface area contributed by atoms with Crippen LogP contribution in [0.1, 0.15) is 39.5 Å². The fourth-order valence-electron chi connectivity index (χ4n) is 3.30. The van der Waals surface area contributed by atoms with Crippen molar-refractivity contribution in [3.63, 3.8) is 0 Å². The molecule has 0 radical (unpaired) electrons. The summed E-state index contributed by atoms with van der Waals surface area (Å²) in [6.45, 7) is 7.48. The molecule has 0 aromatic rings. The first-order valence-electron chi connectivity index (χ1n) is 7.20. The summed E-state index contributed by atoms with van der Waals surface area (Å²) in [6, 6.07) is 2.96. The number of hydrogen-bond donors (Lipinski definition) is 1. The Balaban J connectivity index is 2.00. The molecule has 0 aromatic carbocycles. The molecular formula is C14H25N3O. The van der Waals surface area contributed by atoms with Gasteiger partial charge in [0.25, 0.3) is 0 Å². The van der Waals surface area contributed by atoms with Gasteiger partial charge in [-0.15, -0.1) is 0 Å². The number of nitrogens with one attached hydrogen (secondary N) is 1. The molecule has 1 N–H and O–H groups in total. The minimum Gasteiger partial charge on any atom is -0.375 e. The van der Waals surface area contributed by atoms with Gasteiger partial charge in [-0.3, -0.25) is 10.2 Å². The zero-order valence-corrected chi connectivity index (χ0v) is 11.6. The molecule has 18 heavy (non-hydrogen) atoms. The second-order valence-corrected chi connectivity index (χ2v) is 5.71. The molecule has 102 valence electrons. The molecule has 1 saturated carbocycles. The normalized spacial score (nSPS) is 32.3. The van der Waals surface area contributed by atoms with E-state index in [1.165, 1.54) is 25.7 Å². The molecule has 2 aliphatic rings. The highest BCUT2D eigenvalue weighted by molar-refractivity contribution is 5.07. The first-order chi connectivity index (χ1) is 8.68. The lowest BCUT2D eigenvalue weighted by Gasteiger charge is -2.45. The van der Waals surface area contributed by atoms with Crippen LogP contribution in [0.4, 0.5) is 0 Å². The fraction of sp³-hybridized carbons (Fsp3) is 0.929. The van der Waals surface area contributed by atoms with Crippen LogP contribution in [0.15, 0.2) is 0 Å². The van der Waals surface area contributed by atoms with Crippen molar-refractivity contribution < 1.29 is 4.74 Å². The van der Waals surface area contributed by atoms with E-state index in [0.29, 0.717) is 12.1 Å². The second-order valence-electron chi connectivity index (χ2n) is 5.71. The Hall–Kier alpha value is -0.630. The Kier molecular flexibility index (Phi) is 4.60. The van der Waals surface area contributed by atoms with Crippen molar-refractivity contribution in [1.82, 2.24) is 10.2 Å². The summed E-state index contributed by atoms with van der Waals surface area (Å²) >= 11 is 0. The third-order valence-electron chi connectivity index (χ3n) is 4.18. The second kappa shape index (κ2) is 6.01. The van der Waals surface area contributed by atoms with Gasteiger partial charge in [-0.25, -0.2) is 0 Å². The van der Waals surface area contributed by atoms with Gasteiger partial charge in [0.1, 0.15) is 5.54 Å². The zero-order chi connectivity index (χ0) is 13.0. The van der Waals surface area contributed by atoms with E-state index >= 15 is 0 Å². The average Bonchev–Trinajstić information content (AvgIpc) is 2.39. The van der Waals surface area contributed by atoms with Crippen molar-refractivity contribution in [3.8, 4) is 6.07 Å². The molecule has 3 unspecified atom stereocenters. The van der Waals surface area contributed by atoms with E-state index in [-0.39, 0.29) is 0 Å². The minimum absolute atomic E-state index is 0.400. The van der Waals surface area contributed by atoms with E-state index in [9.17, 15) is 5.26 Å². The monoisotopic (exact) mass is 251 g/mol. The molecule has 1 heterocycles. The molecule has 0 bridgehead atoms. The highest BCUT2D eigenvalue weighted by Crippen LogP contribution is 2.29. The predicted molar refractivity (Wildman–Crippen MR) is 71.3 cm³/mol. The van der Waals surface area contributed by atoms with Crippen molar-refractivity contribution in [1.29, 1.82) is 5.26 Å². The molecule has 0 amide bonds. The minimum atomic E-state index is -0.436. The van der Waals surface area contributed by atoms with Gasteiger partial charge in [-0.2, -0.15) is 5.26 Å². The van der Waals surface area contributed by atoms with Crippen LogP contribution in [-0.2, 0) is 4.74 Å². The summed E-state index contributed by atoms with van der Waals surface area (Å²) in [5.74, 6) is 0. The highest BCUT2D eigenvalue weighted by Gasteiger charge is 2.37. The van der Waals surface area contributed by atoms with Crippen LogP contribution in [0.5, 0.6) is 0 Å². The van der Waals surface area contributed by atoms with Crippen LogP contribution in [-0.4, -0.2) is 48.8 Å². The highest BCUT2D eigenvalue weighted by atomic mass is 16.5. The van der Waals surface area contributed by atoms with Crippen molar-refractivity contribution in [2.45, 2.75) is 57.2 Å². The van der Waals surface area contributed by atoms with Crippen LogP contribution in [0.2, 0.25) is 0 Å². The molecule has 2 rings (SSSR count). The average molecular weight is 251 g/mol. The largest absolute Gasteiger partial charge is 0.375 e. The van der Waals surface area contributed by atoms with Gasteiger partial charge >= 0.3 is 0 Å². The van der Waals surface area contributed by atoms with E-state index in [1.807, 2.05) is 6.92 Å². The first kappa shape index (κ1) is 13.8. The summed E-state index contributed by atoms with van der Waals surface area (Å²) < 4.78 is 5.88. The first-order valence-corrected chi connectivity index (χ1v) is 7.20. The molecule has 0 spiro atoms. The lowest BCUT2D eigenvalue weighted by atomic mass is 9.89. The molecule has 1 aliphatic heterocycles. The molecule has 1 aliphatic carbocycles. The SMILES string of the molecule is CCNC(C)(C#N)CN1CCOC2CCCCC21. The maximum absolute atomic E-state index is 9.37. The van der Waals surface area contributed by atoms with Gasteiger partial charge < -0.3 is 4.74 Å². The molecule has 2 fully saturated rings. The Morgan fingerprint density at radius 3 is 2.94 bits per heavy atom. The smallest absolute Gasteiger partial charge is 0.116 e. The van der Waals surface area contributed by atoms with E-state index in [4.69, 9.17) is 4.74 Å². The van der Waals surface area contributed by atoms with E-state index in [0.717, 1.165) is 26.2 Å². The number of nitrogens with zero attached hydrogens (tertiary/aromatic N) is 2. The van der Waals surface area contributed by atoms with Crippen LogP contribution < -0.4 is 5.32 Å². The van der Waals surface area contributed by atoms with Crippen molar-refractivity contribution in [2.24, 2.45) is 0 Å². The topological polar surface area (TPSA) is 48.3 Å². The number of ether oxygens (including phenoxy) is 1. The van der Waals surface area contributed by atoms with Crippen LogP contribution in [0, 0.1) is 11.3 Å². The Bertz CT molecular complexity index is 313. The van der Waals surface area contributed by atoms with Gasteiger partial charge in [-0.05, 0) is 26.3 Å². The van der Waals surface area contributed by atoms with E-state index in [2.05, 4.69) is 23.2 Å². The zero-order valence-electron chi connectivity index (χ0n) is 11.6. The lowest BCUT2D eigenvalue weighted by molar-refractivity contribution is -0.0920. The Morgan fingerprint density at radius 2 is 2.22 bits per heavy atom. The van der Waals surface area contributed by atoms with Crippen molar-refractivity contribution in [3.05, 3.63) is 0 Å². The van der Waals surface area contributed by atoms with Gasteiger partial charge in [0.05, 0.1) is 18.8 Å². The molecule has 3 atom stereocenters. The molecular weight excluding hydrogens is 226 g/mol. The van der Waals surface area contributed by atoms with Gasteiger partial charge in [0.15, 0.2) is 0 Å². The van der Waals surface area contributed by atoms with Gasteiger partial charge in [-0.1, -0.05) is 19.8 Å². The quantitative estimate of drug-likeness (QED) is 0.823. The van der Waals surface area contributed by atoms with Crippen LogP contribution >= 0.6 is 0 Å². The third-order valence-corrected chi connectivity index (χ3v) is 4.18. The lowest BCUT2D eigenvalue weighted by Crippen LogP contribution is -2.59. The molecule has 0 aromatic heterocycles. The van der Waals surface area contributed by atoms with Gasteiger partial charge in [0.2, 0.25) is 0 Å². The van der Waals surface area contributed by atoms with Crippen molar-refractivity contribution in [2.75, 3.05) is 26.2 Å². The number of nitriles is 1. The molecule has 4 nitrogen and oxygen atoms in total. The summed E-state index contributed by atoms with van der Waals surface area (Å²) in [4.78, 5) is 2.47. The number of fused-ring (bicyclic) bond motifs is 1. The Labute approximate surface area is 110 Å². The Morgan fingerprint density at radius 1 is 1.44 bits per heavy atom. The molecule has 1 saturated heterocycles. The standard InChI is InChI=1S/C14H25N3O/c1-3-16-14(2,10-15)11-17-8-9-18-13-7-5-4-6-12(13)17/h12-13,16H,3-9,11H2,1-2H3. The third kappa shape index (κ3) is 3.03. The summed E-state index contributed by atoms with van der Waals surface area (Å²) in [5.41, 5.74) is -0.436. The van der Waals surface area contributed by atoms with Crippen LogP contribution in [0.3, 0.4) is 0 Å². The molecule has 4 heteroatoms. The summed E-state index contributed by atoms with van der Waals surface area (Å²) in [5, 5.41) is 12.7. The number of hydrogen-bond acceptors (Lipinski definition) is 4. The maximum atomic E-state index is 9.37. The van der Waals surface area contributed by atoms with Gasteiger partial charge in [0, 0.05) is 19.1 Å².